The molecule has 1 saturated carbocycles. The minimum Gasteiger partial charge on any atom is -0.323 e. The number of carbonyl (C=O) groups is 2. The van der Waals surface area contributed by atoms with Gasteiger partial charge < -0.3 is 5.32 Å². The number of amides is 3. The van der Waals surface area contributed by atoms with Gasteiger partial charge in [0.15, 0.2) is 0 Å². The van der Waals surface area contributed by atoms with Crippen LogP contribution in [-0.2, 0) is 4.79 Å². The molecule has 1 heterocycles. The van der Waals surface area contributed by atoms with E-state index in [-0.39, 0.29) is 11.9 Å². The molecule has 2 atom stereocenters. The number of hydrogen-bond acceptors (Lipinski definition) is 2. The van der Waals surface area contributed by atoms with Crippen LogP contribution in [0, 0.1) is 5.92 Å². The van der Waals surface area contributed by atoms with Gasteiger partial charge in [-0.15, -0.1) is 0 Å². The van der Waals surface area contributed by atoms with Gasteiger partial charge in [-0.25, -0.2) is 4.79 Å². The number of rotatable bonds is 1. The standard InChI is InChI=1S/C11H18N2O2/c1-2-8-4-3-6-11(7-5-8)9(14)12-10(15)13-11/h8H,2-7H2,1H3,(H2,12,13,14,15). The summed E-state index contributed by atoms with van der Waals surface area (Å²) in [6, 6.07) is -0.324. The molecule has 1 saturated heterocycles. The lowest BCUT2D eigenvalue weighted by molar-refractivity contribution is -0.124. The Morgan fingerprint density at radius 2 is 2.13 bits per heavy atom. The second-order valence-corrected chi connectivity index (χ2v) is 4.70. The van der Waals surface area contributed by atoms with E-state index in [1.807, 2.05) is 0 Å². The number of urea groups is 1. The zero-order valence-corrected chi connectivity index (χ0v) is 9.14. The molecular weight excluding hydrogens is 192 g/mol. The predicted molar refractivity (Wildman–Crippen MR) is 56.3 cm³/mol. The second kappa shape index (κ2) is 3.83. The SMILES string of the molecule is CCC1CCCC2(CC1)NC(=O)NC2=O. The Balaban J connectivity index is 2.09. The van der Waals surface area contributed by atoms with Crippen molar-refractivity contribution in [3.8, 4) is 0 Å². The third-order valence-electron chi connectivity index (χ3n) is 3.79. The summed E-state index contributed by atoms with van der Waals surface area (Å²) in [5.74, 6) is 0.596. The van der Waals surface area contributed by atoms with Crippen LogP contribution in [0.2, 0.25) is 0 Å². The first kappa shape index (κ1) is 10.5. The molecule has 2 unspecified atom stereocenters. The molecule has 4 nitrogen and oxygen atoms in total. The number of imide groups is 1. The van der Waals surface area contributed by atoms with Gasteiger partial charge in [0.2, 0.25) is 0 Å². The van der Waals surface area contributed by atoms with Crippen molar-refractivity contribution in [1.82, 2.24) is 10.6 Å². The second-order valence-electron chi connectivity index (χ2n) is 4.70. The summed E-state index contributed by atoms with van der Waals surface area (Å²) < 4.78 is 0. The van der Waals surface area contributed by atoms with Crippen LogP contribution < -0.4 is 10.6 Å². The van der Waals surface area contributed by atoms with Crippen molar-refractivity contribution in [3.63, 3.8) is 0 Å². The summed E-state index contributed by atoms with van der Waals surface area (Å²) >= 11 is 0. The van der Waals surface area contributed by atoms with Gasteiger partial charge in [-0.2, -0.15) is 0 Å². The maximum absolute atomic E-state index is 11.7. The molecule has 0 aromatic carbocycles. The molecular formula is C11H18N2O2. The summed E-state index contributed by atoms with van der Waals surface area (Å²) in [6.45, 7) is 2.19. The monoisotopic (exact) mass is 210 g/mol. The van der Waals surface area contributed by atoms with Crippen LogP contribution in [-0.4, -0.2) is 17.5 Å². The van der Waals surface area contributed by atoms with Gasteiger partial charge in [-0.1, -0.05) is 26.2 Å². The molecule has 1 spiro atoms. The van der Waals surface area contributed by atoms with Crippen molar-refractivity contribution >= 4 is 11.9 Å². The van der Waals surface area contributed by atoms with E-state index < -0.39 is 5.54 Å². The van der Waals surface area contributed by atoms with Crippen molar-refractivity contribution in [2.45, 2.75) is 51.0 Å². The number of carbonyl (C=O) groups excluding carboxylic acids is 2. The van der Waals surface area contributed by atoms with E-state index in [4.69, 9.17) is 0 Å². The first-order valence-electron chi connectivity index (χ1n) is 5.80. The summed E-state index contributed by atoms with van der Waals surface area (Å²) in [4.78, 5) is 22.9. The zero-order chi connectivity index (χ0) is 10.9. The Morgan fingerprint density at radius 3 is 2.73 bits per heavy atom. The fourth-order valence-electron chi connectivity index (χ4n) is 2.70. The minimum absolute atomic E-state index is 0.121. The molecule has 1 aliphatic carbocycles. The van der Waals surface area contributed by atoms with Crippen LogP contribution in [0.25, 0.3) is 0 Å². The van der Waals surface area contributed by atoms with Gasteiger partial charge in [0.05, 0.1) is 0 Å². The largest absolute Gasteiger partial charge is 0.323 e. The van der Waals surface area contributed by atoms with E-state index in [1.54, 1.807) is 0 Å². The van der Waals surface area contributed by atoms with Crippen molar-refractivity contribution in [2.75, 3.05) is 0 Å². The average molecular weight is 210 g/mol. The fraction of sp³-hybridized carbons (Fsp3) is 0.818. The first-order valence-corrected chi connectivity index (χ1v) is 5.80. The smallest absolute Gasteiger partial charge is 0.322 e. The Hall–Kier alpha value is -1.06. The van der Waals surface area contributed by atoms with Crippen molar-refractivity contribution in [1.29, 1.82) is 0 Å². The van der Waals surface area contributed by atoms with Crippen molar-refractivity contribution < 1.29 is 9.59 Å². The average Bonchev–Trinajstić information content (AvgIpc) is 2.39. The summed E-state index contributed by atoms with van der Waals surface area (Å²) in [5.41, 5.74) is -0.582. The van der Waals surface area contributed by atoms with E-state index >= 15 is 0 Å². The molecule has 3 amide bonds. The van der Waals surface area contributed by atoms with Gasteiger partial charge in [-0.05, 0) is 25.2 Å². The number of hydrogen-bond donors (Lipinski definition) is 2. The Morgan fingerprint density at radius 1 is 1.33 bits per heavy atom. The Bertz CT molecular complexity index is 290. The third kappa shape index (κ3) is 1.85. The third-order valence-corrected chi connectivity index (χ3v) is 3.79. The molecule has 0 aromatic heterocycles. The molecule has 1 aliphatic heterocycles. The highest BCUT2D eigenvalue weighted by atomic mass is 16.2. The quantitative estimate of drug-likeness (QED) is 0.645. The van der Waals surface area contributed by atoms with Crippen LogP contribution in [0.5, 0.6) is 0 Å². The maximum atomic E-state index is 11.7. The topological polar surface area (TPSA) is 58.2 Å². The van der Waals surface area contributed by atoms with Crippen LogP contribution in [0.1, 0.15) is 45.4 Å². The summed E-state index contributed by atoms with van der Waals surface area (Å²) in [7, 11) is 0. The van der Waals surface area contributed by atoms with Gasteiger partial charge in [0, 0.05) is 0 Å². The fourth-order valence-corrected chi connectivity index (χ4v) is 2.70. The van der Waals surface area contributed by atoms with Crippen LogP contribution in [0.3, 0.4) is 0 Å². The molecule has 0 bridgehead atoms. The number of nitrogens with one attached hydrogen (secondary N) is 2. The minimum atomic E-state index is -0.582. The molecule has 0 radical (unpaired) electrons. The maximum Gasteiger partial charge on any atom is 0.322 e. The van der Waals surface area contributed by atoms with E-state index in [2.05, 4.69) is 17.6 Å². The van der Waals surface area contributed by atoms with Gasteiger partial charge in [0.25, 0.3) is 5.91 Å². The summed E-state index contributed by atoms with van der Waals surface area (Å²) in [6.07, 6.45) is 6.02. The predicted octanol–water partition coefficient (Wildman–Crippen LogP) is 1.55. The van der Waals surface area contributed by atoms with E-state index in [9.17, 15) is 9.59 Å². The lowest BCUT2D eigenvalue weighted by Crippen LogP contribution is -2.46. The first-order chi connectivity index (χ1) is 7.16. The molecule has 15 heavy (non-hydrogen) atoms. The molecule has 2 aliphatic rings. The zero-order valence-electron chi connectivity index (χ0n) is 9.14. The summed E-state index contributed by atoms with van der Waals surface area (Å²) in [5, 5.41) is 5.15. The van der Waals surface area contributed by atoms with Crippen molar-refractivity contribution in [3.05, 3.63) is 0 Å². The lowest BCUT2D eigenvalue weighted by Gasteiger charge is -2.23. The van der Waals surface area contributed by atoms with Gasteiger partial charge in [0.1, 0.15) is 5.54 Å². The Kier molecular flexibility index (Phi) is 2.67. The molecule has 0 aromatic rings. The van der Waals surface area contributed by atoms with E-state index in [0.717, 1.165) is 31.6 Å². The van der Waals surface area contributed by atoms with Crippen LogP contribution in [0.15, 0.2) is 0 Å². The van der Waals surface area contributed by atoms with Crippen LogP contribution in [0.4, 0.5) is 4.79 Å². The highest BCUT2D eigenvalue weighted by Gasteiger charge is 2.46. The lowest BCUT2D eigenvalue weighted by atomic mass is 9.89. The molecule has 4 heteroatoms. The van der Waals surface area contributed by atoms with E-state index in [0.29, 0.717) is 0 Å². The Labute approximate surface area is 89.8 Å². The van der Waals surface area contributed by atoms with E-state index in [1.165, 1.54) is 12.8 Å². The molecule has 2 rings (SSSR count). The normalized spacial score (nSPS) is 36.2. The van der Waals surface area contributed by atoms with Crippen LogP contribution >= 0.6 is 0 Å². The highest BCUT2D eigenvalue weighted by Crippen LogP contribution is 2.33. The van der Waals surface area contributed by atoms with Gasteiger partial charge >= 0.3 is 6.03 Å². The molecule has 2 fully saturated rings. The molecule has 84 valence electrons. The van der Waals surface area contributed by atoms with Gasteiger partial charge in [-0.3, -0.25) is 10.1 Å². The molecule has 2 N–H and O–H groups in total. The van der Waals surface area contributed by atoms with Crippen molar-refractivity contribution in [2.24, 2.45) is 5.92 Å². The highest BCUT2D eigenvalue weighted by molar-refractivity contribution is 6.06.